The molecule has 0 saturated heterocycles. The van der Waals surface area contributed by atoms with Gasteiger partial charge in [-0.25, -0.2) is 8.42 Å². The Labute approximate surface area is 137 Å². The van der Waals surface area contributed by atoms with Crippen molar-refractivity contribution < 1.29 is 13.2 Å². The zero-order chi connectivity index (χ0) is 16.8. The molecule has 3 aromatic rings. The lowest BCUT2D eigenvalue weighted by molar-refractivity contribution is 0.0993. The molecule has 118 valence electrons. The number of rotatable bonds is 3. The highest BCUT2D eigenvalue weighted by Crippen LogP contribution is 2.34. The minimum Gasteiger partial charge on any atom is -0.398 e. The van der Waals surface area contributed by atoms with Gasteiger partial charge in [-0.15, -0.1) is 0 Å². The van der Waals surface area contributed by atoms with E-state index in [0.717, 1.165) is 0 Å². The van der Waals surface area contributed by atoms with Crippen LogP contribution in [0.3, 0.4) is 0 Å². The number of carbonyl (C=O) groups is 1. The second-order valence-electron chi connectivity index (χ2n) is 4.92. The number of benzene rings is 2. The van der Waals surface area contributed by atoms with Crippen LogP contribution in [0.25, 0.3) is 10.9 Å². The predicted molar refractivity (Wildman–Crippen MR) is 88.1 cm³/mol. The predicted octanol–water partition coefficient (Wildman–Crippen LogP) is 2.34. The summed E-state index contributed by atoms with van der Waals surface area (Å²) >= 11 is 5.89. The van der Waals surface area contributed by atoms with Crippen molar-refractivity contribution >= 4 is 43.9 Å². The lowest BCUT2D eigenvalue weighted by Crippen LogP contribution is -2.16. The fourth-order valence-corrected chi connectivity index (χ4v) is 4.42. The van der Waals surface area contributed by atoms with Crippen molar-refractivity contribution in [3.63, 3.8) is 0 Å². The van der Waals surface area contributed by atoms with E-state index in [1.807, 2.05) is 0 Å². The van der Waals surface area contributed by atoms with Crippen LogP contribution in [0.1, 0.15) is 10.5 Å². The first-order valence-electron chi connectivity index (χ1n) is 6.53. The Bertz CT molecular complexity index is 1040. The van der Waals surface area contributed by atoms with Crippen molar-refractivity contribution in [2.75, 3.05) is 5.73 Å². The fourth-order valence-electron chi connectivity index (χ4n) is 2.42. The number of para-hydroxylation sites is 1. The van der Waals surface area contributed by atoms with Crippen molar-refractivity contribution in [2.24, 2.45) is 5.73 Å². The maximum Gasteiger partial charge on any atom is 0.266 e. The Balaban J connectivity index is 2.41. The molecule has 0 aliphatic heterocycles. The van der Waals surface area contributed by atoms with Crippen LogP contribution in [-0.4, -0.2) is 19.3 Å². The zero-order valence-corrected chi connectivity index (χ0v) is 13.3. The number of aromatic nitrogens is 1. The molecule has 1 amide bonds. The van der Waals surface area contributed by atoms with Gasteiger partial charge in [-0.2, -0.15) is 0 Å². The SMILES string of the molecule is NC(=O)c1[nH]c2ccccc2c1S(=O)(=O)c1cc(Cl)ccc1N. The van der Waals surface area contributed by atoms with Gasteiger partial charge >= 0.3 is 0 Å². The number of H-pyrrole nitrogens is 1. The second kappa shape index (κ2) is 5.29. The number of nitrogens with one attached hydrogen (secondary N) is 1. The molecule has 1 aromatic heterocycles. The average Bonchev–Trinajstić information content (AvgIpc) is 2.90. The van der Waals surface area contributed by atoms with Crippen molar-refractivity contribution in [1.29, 1.82) is 0 Å². The summed E-state index contributed by atoms with van der Waals surface area (Å²) in [5.41, 5.74) is 11.5. The summed E-state index contributed by atoms with van der Waals surface area (Å²) in [7, 11) is -4.09. The van der Waals surface area contributed by atoms with E-state index >= 15 is 0 Å². The molecule has 0 radical (unpaired) electrons. The lowest BCUT2D eigenvalue weighted by Gasteiger charge is -2.08. The number of sulfone groups is 1. The Morgan fingerprint density at radius 1 is 1.13 bits per heavy atom. The average molecular weight is 350 g/mol. The van der Waals surface area contributed by atoms with Crippen LogP contribution in [0.4, 0.5) is 5.69 Å². The molecule has 0 saturated carbocycles. The molecular formula is C15H12ClN3O3S. The molecule has 8 heteroatoms. The van der Waals surface area contributed by atoms with E-state index in [2.05, 4.69) is 4.98 Å². The van der Waals surface area contributed by atoms with Crippen LogP contribution in [0.5, 0.6) is 0 Å². The summed E-state index contributed by atoms with van der Waals surface area (Å²) in [6.07, 6.45) is 0. The highest BCUT2D eigenvalue weighted by molar-refractivity contribution is 7.92. The first-order valence-corrected chi connectivity index (χ1v) is 8.39. The first-order chi connectivity index (χ1) is 10.8. The number of hydrogen-bond donors (Lipinski definition) is 3. The Morgan fingerprint density at radius 3 is 2.52 bits per heavy atom. The van der Waals surface area contributed by atoms with Crippen LogP contribution in [0, 0.1) is 0 Å². The number of primary amides is 1. The molecule has 0 spiro atoms. The highest BCUT2D eigenvalue weighted by Gasteiger charge is 2.30. The molecule has 0 aliphatic rings. The van der Waals surface area contributed by atoms with E-state index in [4.69, 9.17) is 23.1 Å². The molecule has 0 unspecified atom stereocenters. The van der Waals surface area contributed by atoms with Crippen molar-refractivity contribution in [3.05, 3.63) is 53.2 Å². The molecule has 3 rings (SSSR count). The highest BCUT2D eigenvalue weighted by atomic mass is 35.5. The van der Waals surface area contributed by atoms with Crippen molar-refractivity contribution in [3.8, 4) is 0 Å². The van der Waals surface area contributed by atoms with E-state index in [1.54, 1.807) is 24.3 Å². The van der Waals surface area contributed by atoms with Gasteiger partial charge in [0.2, 0.25) is 9.84 Å². The number of carbonyl (C=O) groups excluding carboxylic acids is 1. The van der Waals surface area contributed by atoms with Gasteiger partial charge in [0.05, 0.1) is 10.6 Å². The van der Waals surface area contributed by atoms with E-state index in [9.17, 15) is 13.2 Å². The summed E-state index contributed by atoms with van der Waals surface area (Å²) in [6, 6.07) is 10.8. The second-order valence-corrected chi connectivity index (χ2v) is 7.22. The molecular weight excluding hydrogens is 338 g/mol. The zero-order valence-electron chi connectivity index (χ0n) is 11.7. The molecule has 0 bridgehead atoms. The molecule has 2 aromatic carbocycles. The first kappa shape index (κ1) is 15.4. The normalized spacial score (nSPS) is 11.7. The van der Waals surface area contributed by atoms with Crippen molar-refractivity contribution in [1.82, 2.24) is 4.98 Å². The van der Waals surface area contributed by atoms with Crippen LogP contribution in [0.2, 0.25) is 5.02 Å². The van der Waals surface area contributed by atoms with Crippen LogP contribution in [-0.2, 0) is 9.84 Å². The minimum atomic E-state index is -4.09. The monoisotopic (exact) mass is 349 g/mol. The Hall–Kier alpha value is -2.51. The van der Waals surface area contributed by atoms with E-state index in [0.29, 0.717) is 10.9 Å². The topological polar surface area (TPSA) is 119 Å². The maximum absolute atomic E-state index is 13.0. The van der Waals surface area contributed by atoms with Gasteiger partial charge in [0.15, 0.2) is 0 Å². The van der Waals surface area contributed by atoms with Crippen LogP contribution >= 0.6 is 11.6 Å². The standard InChI is InChI=1S/C15H12ClN3O3S/c16-8-5-6-10(17)12(7-8)23(21,22)14-9-3-1-2-4-11(9)19-13(14)15(18)20/h1-7,19H,17H2,(H2,18,20). The largest absolute Gasteiger partial charge is 0.398 e. The number of nitrogens with two attached hydrogens (primary N) is 2. The summed E-state index contributed by atoms with van der Waals surface area (Å²) in [5.74, 6) is -0.875. The quantitative estimate of drug-likeness (QED) is 0.628. The summed E-state index contributed by atoms with van der Waals surface area (Å²) in [5, 5.41) is 0.582. The number of halogens is 1. The van der Waals surface area contributed by atoms with Gasteiger partial charge < -0.3 is 16.5 Å². The van der Waals surface area contributed by atoms with Crippen LogP contribution in [0.15, 0.2) is 52.3 Å². The van der Waals surface area contributed by atoms with Crippen molar-refractivity contribution in [2.45, 2.75) is 9.79 Å². The Morgan fingerprint density at radius 2 is 1.83 bits per heavy atom. The fraction of sp³-hybridized carbons (Fsp3) is 0. The number of nitrogen functional groups attached to an aromatic ring is 1. The van der Waals surface area contributed by atoms with E-state index < -0.39 is 15.7 Å². The van der Waals surface area contributed by atoms with E-state index in [1.165, 1.54) is 18.2 Å². The number of anilines is 1. The molecule has 23 heavy (non-hydrogen) atoms. The maximum atomic E-state index is 13.0. The number of aromatic amines is 1. The van der Waals surface area contributed by atoms with Gasteiger partial charge in [0.25, 0.3) is 5.91 Å². The summed E-state index contributed by atoms with van der Waals surface area (Å²) in [4.78, 5) is 14.1. The molecule has 0 aliphatic carbocycles. The summed E-state index contributed by atoms with van der Waals surface area (Å²) < 4.78 is 26.1. The minimum absolute atomic E-state index is 0.0371. The lowest BCUT2D eigenvalue weighted by atomic mass is 10.2. The van der Waals surface area contributed by atoms with Crippen LogP contribution < -0.4 is 11.5 Å². The molecule has 0 atom stereocenters. The molecule has 1 heterocycles. The van der Waals surface area contributed by atoms with Gasteiger partial charge in [0.1, 0.15) is 10.6 Å². The number of hydrogen-bond acceptors (Lipinski definition) is 4. The van der Waals surface area contributed by atoms with Gasteiger partial charge in [-0.1, -0.05) is 29.8 Å². The molecule has 0 fully saturated rings. The smallest absolute Gasteiger partial charge is 0.266 e. The molecule has 6 nitrogen and oxygen atoms in total. The van der Waals surface area contributed by atoms with Gasteiger partial charge in [0, 0.05) is 15.9 Å². The number of fused-ring (bicyclic) bond motifs is 1. The third-order valence-corrected chi connectivity index (χ3v) is 5.57. The van der Waals surface area contributed by atoms with E-state index in [-0.39, 0.29) is 26.2 Å². The summed E-state index contributed by atoms with van der Waals surface area (Å²) in [6.45, 7) is 0. The third-order valence-electron chi connectivity index (χ3n) is 3.44. The van der Waals surface area contributed by atoms with Gasteiger partial charge in [-0.05, 0) is 24.3 Å². The molecule has 5 N–H and O–H groups in total. The third kappa shape index (κ3) is 2.43. The van der Waals surface area contributed by atoms with Gasteiger partial charge in [-0.3, -0.25) is 4.79 Å². The Kier molecular flexibility index (Phi) is 3.54. The number of amides is 1.